The molecule has 0 aromatic heterocycles. The molecule has 1 saturated heterocycles. The lowest BCUT2D eigenvalue weighted by Gasteiger charge is -2.32. The highest BCUT2D eigenvalue weighted by molar-refractivity contribution is 7.89. The van der Waals surface area contributed by atoms with Crippen molar-refractivity contribution in [3.63, 3.8) is 0 Å². The number of benzene rings is 1. The molecule has 1 atom stereocenters. The maximum absolute atomic E-state index is 12.7. The van der Waals surface area contributed by atoms with Crippen LogP contribution in [0.15, 0.2) is 29.2 Å². The van der Waals surface area contributed by atoms with Crippen LogP contribution in [0.1, 0.15) is 18.4 Å². The minimum atomic E-state index is -3.57. The van der Waals surface area contributed by atoms with Crippen LogP contribution >= 0.6 is 0 Å². The molecule has 6 heteroatoms. The Bertz CT molecular complexity index is 605. The first-order valence-electron chi connectivity index (χ1n) is 6.73. The van der Waals surface area contributed by atoms with Crippen LogP contribution < -0.4 is 5.32 Å². The normalized spacial score (nSPS) is 20.5. The number of nitriles is 1. The van der Waals surface area contributed by atoms with Gasteiger partial charge >= 0.3 is 0 Å². The Morgan fingerprint density at radius 2 is 2.20 bits per heavy atom. The predicted octanol–water partition coefficient (Wildman–Crippen LogP) is 1.18. The van der Waals surface area contributed by atoms with Crippen molar-refractivity contribution in [2.75, 3.05) is 26.7 Å². The highest BCUT2D eigenvalue weighted by Gasteiger charge is 2.31. The summed E-state index contributed by atoms with van der Waals surface area (Å²) in [4.78, 5) is 0.118. The number of nitrogens with one attached hydrogen (secondary N) is 1. The van der Waals surface area contributed by atoms with Crippen LogP contribution in [0.25, 0.3) is 0 Å². The minimum absolute atomic E-state index is 0.118. The van der Waals surface area contributed by atoms with Gasteiger partial charge in [0.15, 0.2) is 0 Å². The third kappa shape index (κ3) is 3.01. The number of hydrogen-bond donors (Lipinski definition) is 1. The van der Waals surface area contributed by atoms with Crippen molar-refractivity contribution >= 4 is 10.0 Å². The smallest absolute Gasteiger partial charge is 0.244 e. The minimum Gasteiger partial charge on any atom is -0.319 e. The molecule has 1 aromatic rings. The number of piperidine rings is 1. The van der Waals surface area contributed by atoms with E-state index in [4.69, 9.17) is 5.26 Å². The molecule has 1 aliphatic heterocycles. The van der Waals surface area contributed by atoms with Gasteiger partial charge in [0.25, 0.3) is 0 Å². The zero-order valence-corrected chi connectivity index (χ0v) is 12.4. The quantitative estimate of drug-likeness (QED) is 0.904. The second kappa shape index (κ2) is 6.35. The molecule has 1 heterocycles. The van der Waals surface area contributed by atoms with Crippen molar-refractivity contribution in [3.8, 4) is 6.07 Å². The van der Waals surface area contributed by atoms with E-state index >= 15 is 0 Å². The van der Waals surface area contributed by atoms with E-state index in [0.29, 0.717) is 19.0 Å². The summed E-state index contributed by atoms with van der Waals surface area (Å²) < 4.78 is 26.9. The van der Waals surface area contributed by atoms with Crippen molar-refractivity contribution in [2.45, 2.75) is 17.7 Å². The highest BCUT2D eigenvalue weighted by Crippen LogP contribution is 2.25. The van der Waals surface area contributed by atoms with E-state index in [2.05, 4.69) is 5.32 Å². The molecule has 0 aliphatic carbocycles. The van der Waals surface area contributed by atoms with Gasteiger partial charge < -0.3 is 5.32 Å². The molecule has 5 nitrogen and oxygen atoms in total. The van der Waals surface area contributed by atoms with Crippen molar-refractivity contribution < 1.29 is 8.42 Å². The summed E-state index contributed by atoms with van der Waals surface area (Å²) in [5, 5.41) is 12.2. The highest BCUT2D eigenvalue weighted by atomic mass is 32.2. The molecule has 20 heavy (non-hydrogen) atoms. The van der Waals surface area contributed by atoms with Gasteiger partial charge in [0.1, 0.15) is 6.07 Å². The predicted molar refractivity (Wildman–Crippen MR) is 76.6 cm³/mol. The van der Waals surface area contributed by atoms with Crippen LogP contribution in [0.3, 0.4) is 0 Å². The fraction of sp³-hybridized carbons (Fsp3) is 0.500. The Morgan fingerprint density at radius 3 is 2.90 bits per heavy atom. The zero-order valence-electron chi connectivity index (χ0n) is 11.5. The first-order chi connectivity index (χ1) is 9.59. The number of sulfonamides is 1. The number of nitrogens with zero attached hydrogens (tertiary/aromatic N) is 2. The van der Waals surface area contributed by atoms with E-state index in [1.165, 1.54) is 10.4 Å². The first kappa shape index (κ1) is 15.0. The Hall–Kier alpha value is -1.42. The van der Waals surface area contributed by atoms with E-state index < -0.39 is 10.0 Å². The van der Waals surface area contributed by atoms with Gasteiger partial charge in [-0.1, -0.05) is 12.1 Å². The van der Waals surface area contributed by atoms with E-state index in [9.17, 15) is 8.42 Å². The molecule has 2 rings (SSSR count). The second-order valence-corrected chi connectivity index (χ2v) is 6.94. The molecule has 0 saturated carbocycles. The number of hydrogen-bond acceptors (Lipinski definition) is 4. The first-order valence-corrected chi connectivity index (χ1v) is 8.17. The number of rotatable bonds is 4. The van der Waals surface area contributed by atoms with E-state index in [1.54, 1.807) is 18.2 Å². The molecule has 0 radical (unpaired) electrons. The van der Waals surface area contributed by atoms with Gasteiger partial charge in [-0.2, -0.15) is 9.57 Å². The molecule has 108 valence electrons. The maximum Gasteiger partial charge on any atom is 0.244 e. The summed E-state index contributed by atoms with van der Waals surface area (Å²) in [5.74, 6) is 0.331. The molecule has 0 bridgehead atoms. The fourth-order valence-corrected chi connectivity index (χ4v) is 4.32. The van der Waals surface area contributed by atoms with E-state index in [0.717, 1.165) is 19.4 Å². The summed E-state index contributed by atoms with van der Waals surface area (Å²) in [6, 6.07) is 8.35. The summed E-state index contributed by atoms with van der Waals surface area (Å²) in [7, 11) is -1.70. The zero-order chi connectivity index (χ0) is 14.6. The summed E-state index contributed by atoms with van der Waals surface area (Å²) >= 11 is 0. The standard InChI is InChI=1S/C14H19N3O2S/c1-16-10-12-5-4-8-17(11-12)20(18,19)14-7-3-2-6-13(14)9-15/h2-3,6-7,12,16H,4-5,8,10-11H2,1H3. The van der Waals surface area contributed by atoms with Crippen LogP contribution in [0.5, 0.6) is 0 Å². The molecule has 1 fully saturated rings. The third-order valence-electron chi connectivity index (χ3n) is 3.60. The van der Waals surface area contributed by atoms with Crippen molar-refractivity contribution in [3.05, 3.63) is 29.8 Å². The lowest BCUT2D eigenvalue weighted by Crippen LogP contribution is -2.42. The largest absolute Gasteiger partial charge is 0.319 e. The molecule has 0 spiro atoms. The van der Waals surface area contributed by atoms with Crippen molar-refractivity contribution in [2.24, 2.45) is 5.92 Å². The molecular formula is C14H19N3O2S. The van der Waals surface area contributed by atoms with Gasteiger partial charge in [-0.15, -0.1) is 0 Å². The molecule has 1 N–H and O–H groups in total. The molecule has 1 unspecified atom stereocenters. The molecular weight excluding hydrogens is 274 g/mol. The Balaban J connectivity index is 2.28. The third-order valence-corrected chi connectivity index (χ3v) is 5.52. The van der Waals surface area contributed by atoms with E-state index in [-0.39, 0.29) is 10.5 Å². The van der Waals surface area contributed by atoms with Gasteiger partial charge in [0.05, 0.1) is 10.5 Å². The monoisotopic (exact) mass is 293 g/mol. The lowest BCUT2D eigenvalue weighted by molar-refractivity contribution is 0.263. The lowest BCUT2D eigenvalue weighted by atomic mass is 10.00. The second-order valence-electron chi connectivity index (χ2n) is 5.04. The SMILES string of the molecule is CNCC1CCCN(S(=O)(=O)c2ccccc2C#N)C1. The van der Waals surface area contributed by atoms with Crippen LogP contribution in [0.4, 0.5) is 0 Å². The molecule has 1 aromatic carbocycles. The summed E-state index contributed by atoms with van der Waals surface area (Å²) in [6.07, 6.45) is 1.90. The maximum atomic E-state index is 12.7. The fourth-order valence-electron chi connectivity index (χ4n) is 2.62. The van der Waals surface area contributed by atoms with Gasteiger partial charge in [-0.05, 0) is 44.5 Å². The summed E-state index contributed by atoms with van der Waals surface area (Å²) in [5.41, 5.74) is 0.211. The van der Waals surface area contributed by atoms with Gasteiger partial charge in [-0.25, -0.2) is 8.42 Å². The van der Waals surface area contributed by atoms with Crippen LogP contribution in [0.2, 0.25) is 0 Å². The van der Waals surface area contributed by atoms with Crippen LogP contribution in [-0.4, -0.2) is 39.4 Å². The van der Waals surface area contributed by atoms with Crippen molar-refractivity contribution in [1.82, 2.24) is 9.62 Å². The average molecular weight is 293 g/mol. The van der Waals surface area contributed by atoms with Crippen LogP contribution in [0, 0.1) is 17.2 Å². The molecule has 1 aliphatic rings. The van der Waals surface area contributed by atoms with Gasteiger partial charge in [0.2, 0.25) is 10.0 Å². The van der Waals surface area contributed by atoms with Crippen LogP contribution in [-0.2, 0) is 10.0 Å². The van der Waals surface area contributed by atoms with Gasteiger partial charge in [-0.3, -0.25) is 0 Å². The topological polar surface area (TPSA) is 73.2 Å². The summed E-state index contributed by atoms with van der Waals surface area (Å²) in [6.45, 7) is 1.86. The molecule has 0 amide bonds. The van der Waals surface area contributed by atoms with E-state index in [1.807, 2.05) is 13.1 Å². The Labute approximate surface area is 120 Å². The van der Waals surface area contributed by atoms with Crippen molar-refractivity contribution in [1.29, 1.82) is 5.26 Å². The Morgan fingerprint density at radius 1 is 1.45 bits per heavy atom. The average Bonchev–Trinajstić information content (AvgIpc) is 2.48. The Kier molecular flexibility index (Phi) is 4.76. The van der Waals surface area contributed by atoms with Gasteiger partial charge in [0, 0.05) is 13.1 Å².